The maximum absolute atomic E-state index is 11.8. The molecule has 4 nitrogen and oxygen atoms in total. The number of pyridine rings is 2. The molecule has 1 amide bonds. The Hall–Kier alpha value is -1.94. The van der Waals surface area contributed by atoms with Crippen molar-refractivity contribution in [1.29, 1.82) is 0 Å². The SMILES string of the molecule is Cc1cncc(NC(=O)c2cc(Cl)ccn2)c1. The van der Waals surface area contributed by atoms with E-state index in [1.807, 2.05) is 13.0 Å². The van der Waals surface area contributed by atoms with Crippen LogP contribution in [0.25, 0.3) is 0 Å². The first-order chi connectivity index (χ1) is 8.15. The summed E-state index contributed by atoms with van der Waals surface area (Å²) in [5.74, 6) is -0.306. The van der Waals surface area contributed by atoms with Crippen molar-refractivity contribution < 1.29 is 4.79 Å². The molecule has 17 heavy (non-hydrogen) atoms. The van der Waals surface area contributed by atoms with E-state index in [1.54, 1.807) is 18.5 Å². The molecule has 0 spiro atoms. The third kappa shape index (κ3) is 3.01. The van der Waals surface area contributed by atoms with E-state index in [2.05, 4.69) is 15.3 Å². The van der Waals surface area contributed by atoms with Gasteiger partial charge in [0.05, 0.1) is 11.9 Å². The Labute approximate surface area is 104 Å². The number of anilines is 1. The molecule has 0 saturated heterocycles. The maximum atomic E-state index is 11.8. The zero-order valence-corrected chi connectivity index (χ0v) is 9.90. The molecule has 0 unspecified atom stereocenters. The van der Waals surface area contributed by atoms with Gasteiger partial charge < -0.3 is 5.32 Å². The van der Waals surface area contributed by atoms with Crippen LogP contribution in [0.3, 0.4) is 0 Å². The van der Waals surface area contributed by atoms with Gasteiger partial charge in [0.25, 0.3) is 5.91 Å². The highest BCUT2D eigenvalue weighted by molar-refractivity contribution is 6.30. The number of amides is 1. The molecule has 0 saturated carbocycles. The van der Waals surface area contributed by atoms with Crippen LogP contribution in [0.4, 0.5) is 5.69 Å². The Bertz CT molecular complexity index is 557. The van der Waals surface area contributed by atoms with Crippen LogP contribution in [0.1, 0.15) is 16.1 Å². The molecule has 2 aromatic rings. The second-order valence-electron chi connectivity index (χ2n) is 3.56. The average Bonchev–Trinajstić information content (AvgIpc) is 2.29. The summed E-state index contributed by atoms with van der Waals surface area (Å²) in [4.78, 5) is 19.7. The van der Waals surface area contributed by atoms with Crippen molar-refractivity contribution in [2.75, 3.05) is 5.32 Å². The van der Waals surface area contributed by atoms with Gasteiger partial charge >= 0.3 is 0 Å². The summed E-state index contributed by atoms with van der Waals surface area (Å²) in [5.41, 5.74) is 1.89. The fraction of sp³-hybridized carbons (Fsp3) is 0.0833. The lowest BCUT2D eigenvalue weighted by molar-refractivity contribution is 0.102. The van der Waals surface area contributed by atoms with Crippen molar-refractivity contribution in [2.24, 2.45) is 0 Å². The third-order valence-corrected chi connectivity index (χ3v) is 2.32. The molecule has 2 aromatic heterocycles. The molecular weight excluding hydrogens is 238 g/mol. The lowest BCUT2D eigenvalue weighted by Gasteiger charge is -2.04. The second-order valence-corrected chi connectivity index (χ2v) is 4.00. The second kappa shape index (κ2) is 4.93. The number of nitrogens with zero attached hydrogens (tertiary/aromatic N) is 2. The Morgan fingerprint density at radius 2 is 2.18 bits per heavy atom. The number of halogens is 1. The summed E-state index contributed by atoms with van der Waals surface area (Å²) in [6.45, 7) is 1.90. The van der Waals surface area contributed by atoms with E-state index in [4.69, 9.17) is 11.6 Å². The fourth-order valence-electron chi connectivity index (χ4n) is 1.35. The van der Waals surface area contributed by atoms with E-state index in [-0.39, 0.29) is 11.6 Å². The van der Waals surface area contributed by atoms with E-state index in [0.717, 1.165) is 5.56 Å². The molecule has 86 valence electrons. The minimum absolute atomic E-state index is 0.277. The van der Waals surface area contributed by atoms with E-state index in [1.165, 1.54) is 12.3 Å². The van der Waals surface area contributed by atoms with Gasteiger partial charge in [0.15, 0.2) is 0 Å². The minimum Gasteiger partial charge on any atom is -0.319 e. The third-order valence-electron chi connectivity index (χ3n) is 2.09. The molecule has 0 radical (unpaired) electrons. The summed E-state index contributed by atoms with van der Waals surface area (Å²) in [5, 5.41) is 3.18. The molecule has 0 aromatic carbocycles. The van der Waals surface area contributed by atoms with E-state index in [0.29, 0.717) is 10.7 Å². The van der Waals surface area contributed by atoms with Gasteiger partial charge in [0, 0.05) is 17.4 Å². The summed E-state index contributed by atoms with van der Waals surface area (Å²) < 4.78 is 0. The lowest BCUT2D eigenvalue weighted by Crippen LogP contribution is -2.13. The Balaban J connectivity index is 2.17. The molecule has 2 rings (SSSR count). The summed E-state index contributed by atoms with van der Waals surface area (Å²) in [7, 11) is 0. The van der Waals surface area contributed by atoms with Gasteiger partial charge in [-0.2, -0.15) is 0 Å². The number of nitrogens with one attached hydrogen (secondary N) is 1. The topological polar surface area (TPSA) is 54.9 Å². The van der Waals surface area contributed by atoms with Crippen LogP contribution in [0, 0.1) is 6.92 Å². The summed E-state index contributed by atoms with van der Waals surface area (Å²) >= 11 is 5.78. The van der Waals surface area contributed by atoms with E-state index in [9.17, 15) is 4.79 Å². The molecular formula is C12H10ClN3O. The number of aryl methyl sites for hydroxylation is 1. The highest BCUT2D eigenvalue weighted by Gasteiger charge is 2.08. The fourth-order valence-corrected chi connectivity index (χ4v) is 1.51. The average molecular weight is 248 g/mol. The normalized spacial score (nSPS) is 10.0. The van der Waals surface area contributed by atoms with Crippen molar-refractivity contribution in [3.05, 3.63) is 53.1 Å². The van der Waals surface area contributed by atoms with Gasteiger partial charge in [0.1, 0.15) is 5.69 Å². The van der Waals surface area contributed by atoms with Crippen molar-refractivity contribution in [2.45, 2.75) is 6.92 Å². The van der Waals surface area contributed by atoms with E-state index >= 15 is 0 Å². The minimum atomic E-state index is -0.306. The van der Waals surface area contributed by atoms with Gasteiger partial charge in [-0.15, -0.1) is 0 Å². The number of carbonyl (C=O) groups excluding carboxylic acids is 1. The standard InChI is InChI=1S/C12H10ClN3O/c1-8-4-10(7-14-6-8)16-12(17)11-5-9(13)2-3-15-11/h2-7H,1H3,(H,16,17). The summed E-state index contributed by atoms with van der Waals surface area (Å²) in [6, 6.07) is 4.96. The van der Waals surface area contributed by atoms with Crippen LogP contribution < -0.4 is 5.32 Å². The predicted molar refractivity (Wildman–Crippen MR) is 66.2 cm³/mol. The molecule has 2 heterocycles. The monoisotopic (exact) mass is 247 g/mol. The van der Waals surface area contributed by atoms with Crippen LogP contribution in [-0.4, -0.2) is 15.9 Å². The largest absolute Gasteiger partial charge is 0.319 e. The first kappa shape index (κ1) is 11.5. The first-order valence-electron chi connectivity index (χ1n) is 5.00. The zero-order chi connectivity index (χ0) is 12.3. The number of hydrogen-bond donors (Lipinski definition) is 1. The number of rotatable bonds is 2. The summed E-state index contributed by atoms with van der Waals surface area (Å²) in [6.07, 6.45) is 4.79. The van der Waals surface area contributed by atoms with Crippen molar-refractivity contribution in [3.8, 4) is 0 Å². The van der Waals surface area contributed by atoms with Gasteiger partial charge in [-0.05, 0) is 30.7 Å². The van der Waals surface area contributed by atoms with Gasteiger partial charge in [-0.3, -0.25) is 14.8 Å². The number of aromatic nitrogens is 2. The van der Waals surface area contributed by atoms with Crippen LogP contribution in [0.2, 0.25) is 5.02 Å². The Kier molecular flexibility index (Phi) is 3.35. The maximum Gasteiger partial charge on any atom is 0.274 e. The predicted octanol–water partition coefficient (Wildman–Crippen LogP) is 2.69. The zero-order valence-electron chi connectivity index (χ0n) is 9.14. The van der Waals surface area contributed by atoms with Gasteiger partial charge in [-0.25, -0.2) is 0 Å². The van der Waals surface area contributed by atoms with Crippen molar-refractivity contribution in [3.63, 3.8) is 0 Å². The molecule has 0 fully saturated rings. The Morgan fingerprint density at radius 3 is 2.88 bits per heavy atom. The van der Waals surface area contributed by atoms with Crippen LogP contribution in [0.5, 0.6) is 0 Å². The van der Waals surface area contributed by atoms with Crippen molar-refractivity contribution >= 4 is 23.2 Å². The van der Waals surface area contributed by atoms with Crippen molar-refractivity contribution in [1.82, 2.24) is 9.97 Å². The quantitative estimate of drug-likeness (QED) is 0.888. The lowest BCUT2D eigenvalue weighted by atomic mass is 10.3. The molecule has 0 aliphatic carbocycles. The Morgan fingerprint density at radius 1 is 1.35 bits per heavy atom. The number of carbonyl (C=O) groups is 1. The van der Waals surface area contributed by atoms with Crippen LogP contribution in [0.15, 0.2) is 36.8 Å². The van der Waals surface area contributed by atoms with Crippen LogP contribution >= 0.6 is 11.6 Å². The molecule has 0 bridgehead atoms. The van der Waals surface area contributed by atoms with Gasteiger partial charge in [-0.1, -0.05) is 11.6 Å². The smallest absolute Gasteiger partial charge is 0.274 e. The molecule has 0 aliphatic rings. The van der Waals surface area contributed by atoms with Crippen LogP contribution in [-0.2, 0) is 0 Å². The van der Waals surface area contributed by atoms with E-state index < -0.39 is 0 Å². The highest BCUT2D eigenvalue weighted by Crippen LogP contribution is 2.11. The number of hydrogen-bond acceptors (Lipinski definition) is 3. The molecule has 1 N–H and O–H groups in total. The van der Waals surface area contributed by atoms with Gasteiger partial charge in [0.2, 0.25) is 0 Å². The molecule has 5 heteroatoms. The molecule has 0 aliphatic heterocycles. The highest BCUT2D eigenvalue weighted by atomic mass is 35.5. The molecule has 0 atom stereocenters. The first-order valence-corrected chi connectivity index (χ1v) is 5.37.